The van der Waals surface area contributed by atoms with Crippen LogP contribution in [0.2, 0.25) is 0 Å². The topological polar surface area (TPSA) is 161 Å². The predicted molar refractivity (Wildman–Crippen MR) is 159 cm³/mol. The summed E-state index contributed by atoms with van der Waals surface area (Å²) in [7, 11) is 0. The van der Waals surface area contributed by atoms with Gasteiger partial charge < -0.3 is 39.6 Å². The molecule has 0 bridgehead atoms. The number of carbonyl (C=O) groups excluding carboxylic acids is 4. The summed E-state index contributed by atoms with van der Waals surface area (Å²) in [5.41, 5.74) is 4.15. The fraction of sp³-hybridized carbons (Fsp3) is 0.222. The second-order valence-corrected chi connectivity index (χ2v) is 9.43. The van der Waals surface area contributed by atoms with E-state index in [0.717, 1.165) is 22.3 Å². The largest absolute Gasteiger partial charge is 2.00 e. The van der Waals surface area contributed by atoms with E-state index in [0.29, 0.717) is 25.7 Å². The van der Waals surface area contributed by atoms with Crippen LogP contribution in [-0.4, -0.2) is 23.9 Å². The summed E-state index contributed by atoms with van der Waals surface area (Å²) in [6, 6.07) is 38.0. The van der Waals surface area contributed by atoms with Crippen molar-refractivity contribution < 1.29 is 81.7 Å². The quantitative estimate of drug-likeness (QED) is 0.195. The number of carbonyl (C=O) groups is 4. The Kier molecular flexibility index (Phi) is 27.5. The predicted octanol–water partition coefficient (Wildman–Crippen LogP) is 1.47. The number of aryl methyl sites for hydroxylation is 4. The zero-order chi connectivity index (χ0) is 32.4. The second-order valence-electron chi connectivity index (χ2n) is 9.43. The first-order valence-electron chi connectivity index (χ1n) is 14.1. The van der Waals surface area contributed by atoms with Crippen LogP contribution in [0.15, 0.2) is 121 Å². The van der Waals surface area contributed by atoms with Gasteiger partial charge in [0, 0.05) is 23.9 Å². The molecular formula is C36H36Mo2O8. The minimum atomic E-state index is -0.992. The number of carboxylic acid groups (broad SMARTS) is 4. The first-order valence-corrected chi connectivity index (χ1v) is 14.1. The molecule has 4 aromatic carbocycles. The molecule has 0 aliphatic rings. The Morgan fingerprint density at radius 3 is 0.609 bits per heavy atom. The van der Waals surface area contributed by atoms with E-state index in [4.69, 9.17) is 0 Å². The molecule has 4 rings (SSSR count). The van der Waals surface area contributed by atoms with Gasteiger partial charge in [0.05, 0.1) is 0 Å². The van der Waals surface area contributed by atoms with E-state index < -0.39 is 23.9 Å². The molecule has 10 heteroatoms. The minimum absolute atomic E-state index is 0. The Morgan fingerprint density at radius 2 is 0.478 bits per heavy atom. The van der Waals surface area contributed by atoms with Crippen molar-refractivity contribution in [2.45, 2.75) is 51.4 Å². The van der Waals surface area contributed by atoms with Crippen LogP contribution in [0.4, 0.5) is 0 Å². The molecule has 0 amide bonds. The summed E-state index contributed by atoms with van der Waals surface area (Å²) >= 11 is 0. The molecule has 0 saturated carbocycles. The average Bonchev–Trinajstić information content (AvgIpc) is 3.04. The first-order chi connectivity index (χ1) is 21.2. The zero-order valence-electron chi connectivity index (χ0n) is 25.3. The molecular weight excluding hydrogens is 752 g/mol. The second kappa shape index (κ2) is 28.6. The monoisotopic (exact) mass is 792 g/mol. The molecule has 0 saturated heterocycles. The van der Waals surface area contributed by atoms with Gasteiger partial charge in [0.1, 0.15) is 0 Å². The van der Waals surface area contributed by atoms with Crippen molar-refractivity contribution in [1.82, 2.24) is 0 Å². The third kappa shape index (κ3) is 26.5. The van der Waals surface area contributed by atoms with Gasteiger partial charge in [0.25, 0.3) is 0 Å². The van der Waals surface area contributed by atoms with E-state index in [2.05, 4.69) is 0 Å². The molecule has 0 aromatic heterocycles. The molecule has 0 atom stereocenters. The molecule has 0 aliphatic carbocycles. The molecule has 46 heavy (non-hydrogen) atoms. The van der Waals surface area contributed by atoms with Gasteiger partial charge in [-0.05, 0) is 73.6 Å². The Morgan fingerprint density at radius 1 is 0.326 bits per heavy atom. The number of carboxylic acids is 4. The van der Waals surface area contributed by atoms with E-state index in [1.54, 1.807) is 0 Å². The van der Waals surface area contributed by atoms with Gasteiger partial charge in [0.2, 0.25) is 0 Å². The van der Waals surface area contributed by atoms with Gasteiger partial charge in [0.15, 0.2) is 0 Å². The molecule has 8 nitrogen and oxygen atoms in total. The number of aliphatic carboxylic acids is 4. The van der Waals surface area contributed by atoms with Crippen molar-refractivity contribution in [2.24, 2.45) is 0 Å². The van der Waals surface area contributed by atoms with Gasteiger partial charge in [-0.2, -0.15) is 0 Å². The third-order valence-electron chi connectivity index (χ3n) is 5.84. The average molecular weight is 789 g/mol. The van der Waals surface area contributed by atoms with E-state index in [9.17, 15) is 39.6 Å². The van der Waals surface area contributed by atoms with Crippen LogP contribution in [0.25, 0.3) is 0 Å². The smallest absolute Gasteiger partial charge is 0.550 e. The fourth-order valence-electron chi connectivity index (χ4n) is 3.56. The maximum atomic E-state index is 10.1. The van der Waals surface area contributed by atoms with Crippen LogP contribution in [0, 0.1) is 0 Å². The number of hydrogen-bond donors (Lipinski definition) is 0. The van der Waals surface area contributed by atoms with E-state index in [1.807, 2.05) is 121 Å². The summed E-state index contributed by atoms with van der Waals surface area (Å²) in [5.74, 6) is -3.97. The summed E-state index contributed by atoms with van der Waals surface area (Å²) < 4.78 is 0. The number of hydrogen-bond acceptors (Lipinski definition) is 8. The molecule has 0 radical (unpaired) electrons. The van der Waals surface area contributed by atoms with E-state index in [1.165, 1.54) is 0 Å². The SMILES string of the molecule is O=C([O-])CCc1ccccc1.O=C([O-])CCc1ccccc1.O=C([O-])CCc1ccccc1.O=C([O-])CCc1ccccc1.[Mo+2].[Mo+2]. The van der Waals surface area contributed by atoms with Gasteiger partial charge in [-0.1, -0.05) is 121 Å². The van der Waals surface area contributed by atoms with Gasteiger partial charge in [-0.3, -0.25) is 0 Å². The molecule has 0 unspecified atom stereocenters. The van der Waals surface area contributed by atoms with E-state index in [-0.39, 0.29) is 67.8 Å². The van der Waals surface area contributed by atoms with Crippen molar-refractivity contribution in [3.8, 4) is 0 Å². The standard InChI is InChI=1S/4C9H10O2.2Mo/c4*10-9(11)7-6-8-4-2-1-3-5-8;;/h4*1-5H,6-7H2,(H,10,11);;/q;;;;2*+2/p-4. The third-order valence-corrected chi connectivity index (χ3v) is 5.84. The van der Waals surface area contributed by atoms with E-state index >= 15 is 0 Å². The van der Waals surface area contributed by atoms with Crippen molar-refractivity contribution in [2.75, 3.05) is 0 Å². The van der Waals surface area contributed by atoms with Crippen LogP contribution in [-0.2, 0) is 87.0 Å². The molecule has 0 N–H and O–H groups in total. The Bertz CT molecular complexity index is 1140. The summed E-state index contributed by atoms with van der Waals surface area (Å²) in [5, 5.41) is 40.2. The molecule has 0 heterocycles. The molecule has 240 valence electrons. The maximum absolute atomic E-state index is 10.1. The van der Waals surface area contributed by atoms with Gasteiger partial charge >= 0.3 is 42.1 Å². The number of rotatable bonds is 12. The number of benzene rings is 4. The molecule has 0 fully saturated rings. The normalized spacial score (nSPS) is 9.04. The first kappa shape index (κ1) is 44.3. The Balaban J connectivity index is 0. The van der Waals surface area contributed by atoms with Crippen molar-refractivity contribution in [1.29, 1.82) is 0 Å². The Hall–Kier alpha value is -3.86. The van der Waals surface area contributed by atoms with Crippen LogP contribution in [0.5, 0.6) is 0 Å². The molecule has 4 aromatic rings. The van der Waals surface area contributed by atoms with Crippen molar-refractivity contribution in [3.63, 3.8) is 0 Å². The van der Waals surface area contributed by atoms with Crippen LogP contribution in [0.1, 0.15) is 47.9 Å². The molecule has 0 aliphatic heterocycles. The minimum Gasteiger partial charge on any atom is -0.550 e. The van der Waals surface area contributed by atoms with Gasteiger partial charge in [-0.15, -0.1) is 0 Å². The summed E-state index contributed by atoms with van der Waals surface area (Å²) in [6.45, 7) is 0. The summed E-state index contributed by atoms with van der Waals surface area (Å²) in [4.78, 5) is 40.2. The fourth-order valence-corrected chi connectivity index (χ4v) is 3.56. The Labute approximate surface area is 299 Å². The van der Waals surface area contributed by atoms with Crippen LogP contribution in [0.3, 0.4) is 0 Å². The zero-order valence-corrected chi connectivity index (χ0v) is 29.3. The summed E-state index contributed by atoms with van der Waals surface area (Å²) in [6.07, 6.45) is 2.64. The van der Waals surface area contributed by atoms with Crippen molar-refractivity contribution >= 4 is 23.9 Å². The molecule has 0 spiro atoms. The maximum Gasteiger partial charge on any atom is 2.00 e. The van der Waals surface area contributed by atoms with Gasteiger partial charge in [-0.25, -0.2) is 0 Å². The van der Waals surface area contributed by atoms with Crippen LogP contribution < -0.4 is 20.4 Å². The van der Waals surface area contributed by atoms with Crippen molar-refractivity contribution in [3.05, 3.63) is 144 Å². The van der Waals surface area contributed by atoms with Crippen LogP contribution >= 0.6 is 0 Å².